The molecule has 3 rings (SSSR count). The second-order valence-electron chi connectivity index (χ2n) is 6.95. The fraction of sp³-hybridized carbons (Fsp3) is 0.556. The van der Waals surface area contributed by atoms with E-state index in [4.69, 9.17) is 5.11 Å². The number of nitrogens with one attached hydrogen (secondary N) is 1. The molecule has 1 fully saturated rings. The van der Waals surface area contributed by atoms with Crippen LogP contribution >= 0.6 is 0 Å². The highest BCUT2D eigenvalue weighted by molar-refractivity contribution is 7.89. The number of sulfonamides is 1. The van der Waals surface area contributed by atoms with Crippen molar-refractivity contribution in [2.24, 2.45) is 5.92 Å². The summed E-state index contributed by atoms with van der Waals surface area (Å²) in [6.45, 7) is 0.617. The van der Waals surface area contributed by atoms with E-state index in [0.717, 1.165) is 31.2 Å². The summed E-state index contributed by atoms with van der Waals surface area (Å²) in [5.41, 5.74) is 2.30. The van der Waals surface area contributed by atoms with E-state index in [2.05, 4.69) is 4.72 Å². The molecule has 0 saturated carbocycles. The molecule has 2 N–H and O–H groups in total. The van der Waals surface area contributed by atoms with Crippen molar-refractivity contribution in [2.45, 2.75) is 43.4 Å². The van der Waals surface area contributed by atoms with Crippen molar-refractivity contribution < 1.29 is 23.1 Å². The molecule has 0 aromatic heterocycles. The second kappa shape index (κ2) is 7.75. The second-order valence-corrected chi connectivity index (χ2v) is 8.72. The number of carboxylic acids is 1. The minimum atomic E-state index is -3.65. The average Bonchev–Trinajstić information content (AvgIpc) is 3.11. The van der Waals surface area contributed by atoms with Gasteiger partial charge in [-0.25, -0.2) is 13.1 Å². The van der Waals surface area contributed by atoms with Crippen molar-refractivity contribution in [2.75, 3.05) is 19.6 Å². The number of aliphatic carboxylic acids is 1. The highest BCUT2D eigenvalue weighted by Gasteiger charge is 2.30. The van der Waals surface area contributed by atoms with E-state index in [1.165, 1.54) is 10.5 Å². The molecule has 1 aromatic rings. The third-order valence-corrected chi connectivity index (χ3v) is 6.61. The Morgan fingerprint density at radius 1 is 1.19 bits per heavy atom. The van der Waals surface area contributed by atoms with Gasteiger partial charge in [-0.1, -0.05) is 6.07 Å². The normalized spacial score (nSPS) is 20.0. The van der Waals surface area contributed by atoms with E-state index in [1.54, 1.807) is 12.1 Å². The van der Waals surface area contributed by atoms with Crippen molar-refractivity contribution in [3.05, 3.63) is 29.3 Å². The summed E-state index contributed by atoms with van der Waals surface area (Å²) in [5.74, 6) is -1.64. The molecule has 1 aliphatic carbocycles. The van der Waals surface area contributed by atoms with E-state index in [-0.39, 0.29) is 30.3 Å². The minimum Gasteiger partial charge on any atom is -0.481 e. The first kappa shape index (κ1) is 18.8. The predicted molar refractivity (Wildman–Crippen MR) is 95.2 cm³/mol. The number of amides is 1. The summed E-state index contributed by atoms with van der Waals surface area (Å²) in [4.78, 5) is 24.8. The number of carboxylic acid groups (broad SMARTS) is 1. The molecule has 1 amide bonds. The summed E-state index contributed by atoms with van der Waals surface area (Å²) < 4.78 is 27.4. The zero-order valence-electron chi connectivity index (χ0n) is 14.6. The van der Waals surface area contributed by atoms with Crippen LogP contribution in [0.2, 0.25) is 0 Å². The number of hydrogen-bond donors (Lipinski definition) is 2. The molecule has 1 aromatic carbocycles. The van der Waals surface area contributed by atoms with Gasteiger partial charge in [0.2, 0.25) is 15.9 Å². The van der Waals surface area contributed by atoms with E-state index in [0.29, 0.717) is 13.0 Å². The van der Waals surface area contributed by atoms with Crippen LogP contribution in [-0.4, -0.2) is 49.9 Å². The molecule has 7 nitrogen and oxygen atoms in total. The van der Waals surface area contributed by atoms with Crippen molar-refractivity contribution in [3.8, 4) is 0 Å². The number of carbonyl (C=O) groups excluding carboxylic acids is 1. The summed E-state index contributed by atoms with van der Waals surface area (Å²) in [6, 6.07) is 5.23. The van der Waals surface area contributed by atoms with Crippen LogP contribution in [0.5, 0.6) is 0 Å². The maximum absolute atomic E-state index is 12.4. The Kier molecular flexibility index (Phi) is 5.62. The first-order chi connectivity index (χ1) is 12.4. The lowest BCUT2D eigenvalue weighted by Crippen LogP contribution is -2.33. The molecule has 1 aliphatic heterocycles. The van der Waals surface area contributed by atoms with Crippen LogP contribution < -0.4 is 4.72 Å². The molecule has 1 saturated heterocycles. The van der Waals surface area contributed by atoms with Crippen LogP contribution in [-0.2, 0) is 32.5 Å². The van der Waals surface area contributed by atoms with Crippen molar-refractivity contribution in [3.63, 3.8) is 0 Å². The van der Waals surface area contributed by atoms with Gasteiger partial charge < -0.3 is 10.0 Å². The van der Waals surface area contributed by atoms with Crippen molar-refractivity contribution in [1.29, 1.82) is 0 Å². The van der Waals surface area contributed by atoms with Crippen molar-refractivity contribution >= 4 is 21.9 Å². The lowest BCUT2D eigenvalue weighted by Gasteiger charge is -2.17. The predicted octanol–water partition coefficient (Wildman–Crippen LogP) is 1.17. The molecule has 1 unspecified atom stereocenters. The average molecular weight is 380 g/mol. The Bertz CT molecular complexity index is 806. The summed E-state index contributed by atoms with van der Waals surface area (Å²) in [5, 5.41) is 8.98. The summed E-state index contributed by atoms with van der Waals surface area (Å²) >= 11 is 0. The first-order valence-electron chi connectivity index (χ1n) is 8.99. The molecule has 8 heteroatoms. The Morgan fingerprint density at radius 2 is 1.92 bits per heavy atom. The fourth-order valence-electron chi connectivity index (χ4n) is 3.60. The number of likely N-dealkylation sites (tertiary alicyclic amines) is 1. The third-order valence-electron chi connectivity index (χ3n) is 5.15. The lowest BCUT2D eigenvalue weighted by molar-refractivity contribution is -0.141. The highest BCUT2D eigenvalue weighted by atomic mass is 32.2. The van der Waals surface area contributed by atoms with E-state index in [9.17, 15) is 18.0 Å². The molecule has 1 atom stereocenters. The molecule has 2 aliphatic rings. The molecule has 26 heavy (non-hydrogen) atoms. The van der Waals surface area contributed by atoms with Crippen molar-refractivity contribution in [1.82, 2.24) is 9.62 Å². The van der Waals surface area contributed by atoms with Gasteiger partial charge in [-0.2, -0.15) is 0 Å². The SMILES string of the molecule is O=C(O)C1CCN(C(=O)CCNS(=O)(=O)c2ccc3c(c2)CCCC3)C1. The number of carbonyl (C=O) groups is 2. The van der Waals surface area contributed by atoms with Crippen LogP contribution in [0, 0.1) is 5.92 Å². The maximum Gasteiger partial charge on any atom is 0.308 e. The van der Waals surface area contributed by atoms with E-state index in [1.807, 2.05) is 6.07 Å². The monoisotopic (exact) mass is 380 g/mol. The molecule has 0 spiro atoms. The molecular formula is C18H24N2O5S. The Morgan fingerprint density at radius 3 is 2.62 bits per heavy atom. The Labute approximate surface area is 153 Å². The van der Waals surface area contributed by atoms with Crippen LogP contribution in [0.15, 0.2) is 23.1 Å². The number of nitrogens with zero attached hydrogens (tertiary/aromatic N) is 1. The van der Waals surface area contributed by atoms with Gasteiger partial charge in [0.1, 0.15) is 0 Å². The zero-order chi connectivity index (χ0) is 18.7. The number of benzene rings is 1. The van der Waals surface area contributed by atoms with E-state index < -0.39 is 21.9 Å². The number of aryl methyl sites for hydroxylation is 2. The smallest absolute Gasteiger partial charge is 0.308 e. The third kappa shape index (κ3) is 4.24. The molecule has 142 valence electrons. The lowest BCUT2D eigenvalue weighted by atomic mass is 9.92. The Hall–Kier alpha value is -1.93. The molecule has 0 bridgehead atoms. The minimum absolute atomic E-state index is 0.00644. The summed E-state index contributed by atoms with van der Waals surface area (Å²) in [6.07, 6.45) is 4.57. The van der Waals surface area contributed by atoms with Gasteiger partial charge >= 0.3 is 5.97 Å². The van der Waals surface area contributed by atoms with Crippen LogP contribution in [0.3, 0.4) is 0 Å². The van der Waals surface area contributed by atoms with Gasteiger partial charge in [-0.05, 0) is 55.4 Å². The van der Waals surface area contributed by atoms with Gasteiger partial charge in [0.15, 0.2) is 0 Å². The quantitative estimate of drug-likeness (QED) is 0.771. The number of fused-ring (bicyclic) bond motifs is 1. The largest absolute Gasteiger partial charge is 0.481 e. The Balaban J connectivity index is 1.54. The number of rotatable bonds is 6. The van der Waals surface area contributed by atoms with Crippen LogP contribution in [0.25, 0.3) is 0 Å². The maximum atomic E-state index is 12.4. The van der Waals surface area contributed by atoms with Crippen LogP contribution in [0.1, 0.15) is 36.8 Å². The summed E-state index contributed by atoms with van der Waals surface area (Å²) in [7, 11) is -3.65. The van der Waals surface area contributed by atoms with Gasteiger partial charge in [-0.15, -0.1) is 0 Å². The van der Waals surface area contributed by atoms with E-state index >= 15 is 0 Å². The van der Waals surface area contributed by atoms with Gasteiger partial charge in [-0.3, -0.25) is 9.59 Å². The topological polar surface area (TPSA) is 104 Å². The fourth-order valence-corrected chi connectivity index (χ4v) is 4.68. The molecule has 1 heterocycles. The van der Waals surface area contributed by atoms with Gasteiger partial charge in [0, 0.05) is 26.1 Å². The zero-order valence-corrected chi connectivity index (χ0v) is 15.4. The standard InChI is InChI=1S/C18H24N2O5S/c21-17(20-10-8-15(12-20)18(22)23)7-9-19-26(24,25)16-6-5-13-3-1-2-4-14(13)11-16/h5-6,11,15,19H,1-4,7-10,12H2,(H,22,23). The van der Waals surface area contributed by atoms with Gasteiger partial charge in [0.05, 0.1) is 10.8 Å². The first-order valence-corrected chi connectivity index (χ1v) is 10.5. The number of hydrogen-bond acceptors (Lipinski definition) is 4. The highest BCUT2D eigenvalue weighted by Crippen LogP contribution is 2.24. The molecule has 0 radical (unpaired) electrons. The molecular weight excluding hydrogens is 356 g/mol. The van der Waals surface area contributed by atoms with Crippen LogP contribution in [0.4, 0.5) is 0 Å². The van der Waals surface area contributed by atoms with Gasteiger partial charge in [0.25, 0.3) is 0 Å².